The molecular weight excluding hydrogens is 216 g/mol. The molecular formula is C9H11BrN2. The van der Waals surface area contributed by atoms with Crippen LogP contribution in [0.25, 0.3) is 0 Å². The van der Waals surface area contributed by atoms with Crippen LogP contribution in [0.5, 0.6) is 0 Å². The minimum absolute atomic E-state index is 0.339. The second-order valence-electron chi connectivity index (χ2n) is 3.06. The minimum atomic E-state index is 0.339. The fourth-order valence-corrected chi connectivity index (χ4v) is 2.00. The average Bonchev–Trinajstić information content (AvgIpc) is 2.24. The molecule has 1 rings (SSSR count). The monoisotopic (exact) mass is 226 g/mol. The molecule has 0 aliphatic carbocycles. The van der Waals surface area contributed by atoms with Gasteiger partial charge in [-0.25, -0.2) is 0 Å². The van der Waals surface area contributed by atoms with Gasteiger partial charge in [-0.2, -0.15) is 5.26 Å². The van der Waals surface area contributed by atoms with Gasteiger partial charge in [0, 0.05) is 11.7 Å². The third kappa shape index (κ3) is 1.39. The number of rotatable bonds is 1. The lowest BCUT2D eigenvalue weighted by Gasteiger charge is -2.11. The molecule has 0 aromatic carbocycles. The molecule has 0 spiro atoms. The van der Waals surface area contributed by atoms with Crippen LogP contribution in [0.2, 0.25) is 0 Å². The van der Waals surface area contributed by atoms with E-state index >= 15 is 0 Å². The van der Waals surface area contributed by atoms with Gasteiger partial charge in [-0.05, 0) is 42.8 Å². The van der Waals surface area contributed by atoms with Gasteiger partial charge in [0.1, 0.15) is 11.8 Å². The molecule has 1 aromatic heterocycles. The van der Waals surface area contributed by atoms with Crippen LogP contribution in [-0.2, 0) is 0 Å². The molecule has 0 atom stereocenters. The zero-order chi connectivity index (χ0) is 9.30. The molecule has 0 radical (unpaired) electrons. The number of aromatic nitrogens is 1. The van der Waals surface area contributed by atoms with Crippen molar-refractivity contribution in [3.63, 3.8) is 0 Å². The lowest BCUT2D eigenvalue weighted by Crippen LogP contribution is -2.04. The van der Waals surface area contributed by atoms with Crippen molar-refractivity contribution in [3.05, 3.63) is 21.9 Å². The van der Waals surface area contributed by atoms with Gasteiger partial charge >= 0.3 is 0 Å². The Morgan fingerprint density at radius 1 is 1.58 bits per heavy atom. The molecule has 2 nitrogen and oxygen atoms in total. The van der Waals surface area contributed by atoms with Crippen molar-refractivity contribution in [2.75, 3.05) is 0 Å². The van der Waals surface area contributed by atoms with Crippen LogP contribution in [0, 0.1) is 18.3 Å². The molecule has 0 amide bonds. The van der Waals surface area contributed by atoms with Crippen LogP contribution in [-0.4, -0.2) is 4.57 Å². The highest BCUT2D eigenvalue weighted by atomic mass is 79.9. The Bertz CT molecular complexity index is 331. The van der Waals surface area contributed by atoms with E-state index in [4.69, 9.17) is 5.26 Å². The summed E-state index contributed by atoms with van der Waals surface area (Å²) in [6.45, 7) is 6.14. The SMILES string of the molecule is Cc1cc(Br)c(C#N)n1C(C)C. The molecule has 0 bridgehead atoms. The smallest absolute Gasteiger partial charge is 0.135 e. The largest absolute Gasteiger partial charge is 0.333 e. The average molecular weight is 227 g/mol. The predicted octanol–water partition coefficient (Wildman–Crippen LogP) is 3.01. The first-order valence-corrected chi connectivity index (χ1v) is 4.64. The van der Waals surface area contributed by atoms with Crippen molar-refractivity contribution in [2.24, 2.45) is 0 Å². The summed E-state index contributed by atoms with van der Waals surface area (Å²) in [4.78, 5) is 0. The summed E-state index contributed by atoms with van der Waals surface area (Å²) < 4.78 is 2.90. The third-order valence-electron chi connectivity index (χ3n) is 1.81. The molecule has 0 saturated heterocycles. The first kappa shape index (κ1) is 9.34. The second kappa shape index (κ2) is 3.32. The normalized spacial score (nSPS) is 10.3. The first-order chi connectivity index (χ1) is 5.57. The maximum absolute atomic E-state index is 8.86. The molecule has 0 N–H and O–H groups in total. The summed E-state index contributed by atoms with van der Waals surface area (Å²) in [6, 6.07) is 4.49. The summed E-state index contributed by atoms with van der Waals surface area (Å²) in [5.41, 5.74) is 1.83. The van der Waals surface area contributed by atoms with E-state index in [1.807, 2.05) is 17.6 Å². The van der Waals surface area contributed by atoms with E-state index < -0.39 is 0 Å². The van der Waals surface area contributed by atoms with E-state index in [-0.39, 0.29) is 0 Å². The summed E-state index contributed by atoms with van der Waals surface area (Å²) in [6.07, 6.45) is 0. The minimum Gasteiger partial charge on any atom is -0.333 e. The number of aryl methyl sites for hydroxylation is 1. The highest BCUT2D eigenvalue weighted by molar-refractivity contribution is 9.10. The fraction of sp³-hybridized carbons (Fsp3) is 0.444. The van der Waals surface area contributed by atoms with Crippen molar-refractivity contribution in [2.45, 2.75) is 26.8 Å². The van der Waals surface area contributed by atoms with Gasteiger partial charge in [0.25, 0.3) is 0 Å². The fourth-order valence-electron chi connectivity index (χ4n) is 1.39. The third-order valence-corrected chi connectivity index (χ3v) is 2.41. The van der Waals surface area contributed by atoms with E-state index in [0.717, 1.165) is 10.2 Å². The van der Waals surface area contributed by atoms with Gasteiger partial charge in [0.15, 0.2) is 0 Å². The van der Waals surface area contributed by atoms with Gasteiger partial charge in [-0.15, -0.1) is 0 Å². The van der Waals surface area contributed by atoms with E-state index in [1.54, 1.807) is 0 Å². The molecule has 12 heavy (non-hydrogen) atoms. The van der Waals surface area contributed by atoms with E-state index in [2.05, 4.69) is 35.8 Å². The van der Waals surface area contributed by atoms with Gasteiger partial charge in [-0.3, -0.25) is 0 Å². The summed E-state index contributed by atoms with van der Waals surface area (Å²) >= 11 is 3.35. The van der Waals surface area contributed by atoms with Gasteiger partial charge in [-0.1, -0.05) is 0 Å². The van der Waals surface area contributed by atoms with Crippen molar-refractivity contribution in [1.82, 2.24) is 4.57 Å². The van der Waals surface area contributed by atoms with Gasteiger partial charge < -0.3 is 4.57 Å². The number of nitriles is 1. The quantitative estimate of drug-likeness (QED) is 0.724. The van der Waals surface area contributed by atoms with Crippen molar-refractivity contribution < 1.29 is 0 Å². The van der Waals surface area contributed by atoms with Gasteiger partial charge in [0.2, 0.25) is 0 Å². The molecule has 1 aromatic rings. The molecule has 0 saturated carbocycles. The van der Waals surface area contributed by atoms with E-state index in [9.17, 15) is 0 Å². The summed E-state index contributed by atoms with van der Waals surface area (Å²) in [7, 11) is 0. The standard InChI is InChI=1S/C9H11BrN2/c1-6(2)12-7(3)4-8(10)9(12)5-11/h4,6H,1-3H3. The second-order valence-corrected chi connectivity index (χ2v) is 3.91. The molecule has 3 heteroatoms. The number of hydrogen-bond acceptors (Lipinski definition) is 1. The Kier molecular flexibility index (Phi) is 2.58. The summed E-state index contributed by atoms with van der Waals surface area (Å²) in [5, 5.41) is 8.86. The maximum Gasteiger partial charge on any atom is 0.135 e. The van der Waals surface area contributed by atoms with E-state index in [0.29, 0.717) is 11.7 Å². The zero-order valence-corrected chi connectivity index (χ0v) is 9.01. The highest BCUT2D eigenvalue weighted by Crippen LogP contribution is 2.24. The topological polar surface area (TPSA) is 28.7 Å². The number of nitrogens with zero attached hydrogens (tertiary/aromatic N) is 2. The van der Waals surface area contributed by atoms with Crippen LogP contribution < -0.4 is 0 Å². The van der Waals surface area contributed by atoms with Crippen LogP contribution in [0.15, 0.2) is 10.5 Å². The van der Waals surface area contributed by atoms with Crippen molar-refractivity contribution in [1.29, 1.82) is 5.26 Å². The predicted molar refractivity (Wildman–Crippen MR) is 52.0 cm³/mol. The van der Waals surface area contributed by atoms with Crippen LogP contribution in [0.4, 0.5) is 0 Å². The Labute approximate surface area is 80.9 Å². The lowest BCUT2D eigenvalue weighted by atomic mass is 10.3. The summed E-state index contributed by atoms with van der Waals surface area (Å²) in [5.74, 6) is 0. The van der Waals surface area contributed by atoms with Crippen LogP contribution >= 0.6 is 15.9 Å². The van der Waals surface area contributed by atoms with E-state index in [1.165, 1.54) is 0 Å². The molecule has 1 heterocycles. The molecule has 0 fully saturated rings. The Balaban J connectivity index is 3.35. The Morgan fingerprint density at radius 3 is 2.50 bits per heavy atom. The molecule has 0 aliphatic heterocycles. The molecule has 0 unspecified atom stereocenters. The first-order valence-electron chi connectivity index (χ1n) is 3.85. The Hall–Kier alpha value is -0.750. The maximum atomic E-state index is 8.86. The van der Waals surface area contributed by atoms with Crippen LogP contribution in [0.1, 0.15) is 31.3 Å². The van der Waals surface area contributed by atoms with Crippen molar-refractivity contribution in [3.8, 4) is 6.07 Å². The van der Waals surface area contributed by atoms with Crippen LogP contribution in [0.3, 0.4) is 0 Å². The number of halogens is 1. The van der Waals surface area contributed by atoms with Crippen molar-refractivity contribution >= 4 is 15.9 Å². The Morgan fingerprint density at radius 2 is 2.17 bits per heavy atom. The lowest BCUT2D eigenvalue weighted by molar-refractivity contribution is 0.582. The molecule has 64 valence electrons. The molecule has 0 aliphatic rings. The zero-order valence-electron chi connectivity index (χ0n) is 7.43. The van der Waals surface area contributed by atoms with Gasteiger partial charge in [0.05, 0.1) is 4.47 Å². The highest BCUT2D eigenvalue weighted by Gasteiger charge is 2.11. The number of hydrogen-bond donors (Lipinski definition) is 0.